The van der Waals surface area contributed by atoms with Gasteiger partial charge in [-0.25, -0.2) is 10.1 Å². The maximum atomic E-state index is 13.0. The number of hydrogen-bond donors (Lipinski definition) is 0. The second-order valence-corrected chi connectivity index (χ2v) is 5.41. The maximum absolute atomic E-state index is 13.0. The Morgan fingerprint density at radius 3 is 2.77 bits per heavy atom. The molecule has 1 fully saturated rings. The van der Waals surface area contributed by atoms with E-state index in [2.05, 4.69) is 0 Å². The standard InChI is InChI=1S/C13H10F3N3O3/c14-13(15,16)7-5-10-12(11(6-7)19(20)21)18-9-4-2-1-3-8(9)17(10)22-18/h2,4-6,8-9H,1,3H2. The molecule has 0 spiro atoms. The van der Waals surface area contributed by atoms with Crippen LogP contribution in [0.25, 0.3) is 0 Å². The molecule has 4 rings (SSSR count). The molecule has 2 unspecified atom stereocenters. The van der Waals surface area contributed by atoms with Crippen LogP contribution in [0.15, 0.2) is 24.3 Å². The molecule has 2 aliphatic heterocycles. The van der Waals surface area contributed by atoms with Crippen molar-refractivity contribution in [2.24, 2.45) is 0 Å². The van der Waals surface area contributed by atoms with E-state index in [1.807, 2.05) is 12.2 Å². The summed E-state index contributed by atoms with van der Waals surface area (Å²) in [6.07, 6.45) is 0.691. The highest BCUT2D eigenvalue weighted by molar-refractivity contribution is 5.85. The number of hydroxylamine groups is 2. The molecular weight excluding hydrogens is 303 g/mol. The Hall–Kier alpha value is -2.29. The van der Waals surface area contributed by atoms with Gasteiger partial charge in [-0.1, -0.05) is 12.2 Å². The van der Waals surface area contributed by atoms with Crippen LogP contribution in [0, 0.1) is 10.1 Å². The first kappa shape index (κ1) is 13.4. The molecule has 0 aromatic heterocycles. The lowest BCUT2D eigenvalue weighted by Crippen LogP contribution is -2.41. The fourth-order valence-electron chi connectivity index (χ4n) is 3.22. The Morgan fingerprint density at radius 1 is 1.32 bits per heavy atom. The van der Waals surface area contributed by atoms with Gasteiger partial charge in [-0.05, 0) is 18.9 Å². The predicted molar refractivity (Wildman–Crippen MR) is 70.1 cm³/mol. The molecule has 9 heteroatoms. The van der Waals surface area contributed by atoms with E-state index in [1.165, 1.54) is 10.1 Å². The van der Waals surface area contributed by atoms with Crippen LogP contribution in [0.3, 0.4) is 0 Å². The van der Waals surface area contributed by atoms with Gasteiger partial charge in [0.1, 0.15) is 11.7 Å². The number of nitrogens with zero attached hydrogens (tertiary/aromatic N) is 3. The summed E-state index contributed by atoms with van der Waals surface area (Å²) in [6.45, 7) is 0. The van der Waals surface area contributed by atoms with Crippen molar-refractivity contribution in [3.63, 3.8) is 0 Å². The van der Waals surface area contributed by atoms with Gasteiger partial charge >= 0.3 is 6.18 Å². The molecule has 0 amide bonds. The number of benzene rings is 1. The van der Waals surface area contributed by atoms with Gasteiger partial charge in [0.05, 0.1) is 16.5 Å². The molecule has 1 aliphatic carbocycles. The van der Waals surface area contributed by atoms with E-state index >= 15 is 0 Å². The van der Waals surface area contributed by atoms with Gasteiger partial charge in [0.15, 0.2) is 5.69 Å². The molecule has 116 valence electrons. The Bertz CT molecular complexity index is 704. The van der Waals surface area contributed by atoms with Crippen molar-refractivity contribution in [1.82, 2.24) is 0 Å². The van der Waals surface area contributed by atoms with Crippen LogP contribution < -0.4 is 10.1 Å². The lowest BCUT2D eigenvalue weighted by atomic mass is 9.93. The predicted octanol–water partition coefficient (Wildman–Crippen LogP) is 3.19. The Labute approximate surface area is 122 Å². The third-order valence-electron chi connectivity index (χ3n) is 4.16. The number of allylic oxidation sites excluding steroid dienone is 1. The molecular formula is C13H10F3N3O3. The van der Waals surface area contributed by atoms with E-state index in [0.29, 0.717) is 6.07 Å². The maximum Gasteiger partial charge on any atom is 0.416 e. The summed E-state index contributed by atoms with van der Waals surface area (Å²) in [5.74, 6) is 0. The summed E-state index contributed by atoms with van der Waals surface area (Å²) < 4.78 is 38.9. The van der Waals surface area contributed by atoms with Gasteiger partial charge in [-0.3, -0.25) is 10.1 Å². The molecule has 3 aliphatic rings. The third-order valence-corrected chi connectivity index (χ3v) is 4.16. The number of alkyl halides is 3. The topological polar surface area (TPSA) is 58.9 Å². The zero-order chi connectivity index (χ0) is 15.6. The van der Waals surface area contributed by atoms with E-state index in [-0.39, 0.29) is 23.5 Å². The molecule has 0 N–H and O–H groups in total. The van der Waals surface area contributed by atoms with Crippen LogP contribution in [0.1, 0.15) is 18.4 Å². The summed E-state index contributed by atoms with van der Waals surface area (Å²) in [7, 11) is 0. The van der Waals surface area contributed by atoms with Gasteiger partial charge in [0, 0.05) is 6.07 Å². The fraction of sp³-hybridized carbons (Fsp3) is 0.385. The zero-order valence-corrected chi connectivity index (χ0v) is 11.1. The molecule has 0 saturated carbocycles. The van der Waals surface area contributed by atoms with Crippen molar-refractivity contribution in [2.75, 3.05) is 10.1 Å². The van der Waals surface area contributed by atoms with Crippen LogP contribution in [-0.4, -0.2) is 17.0 Å². The SMILES string of the molecule is O=[N+]([O-])c1cc(C(F)(F)F)cc2c1N1ON2C2CCC=CC21. The van der Waals surface area contributed by atoms with Gasteiger partial charge < -0.3 is 0 Å². The summed E-state index contributed by atoms with van der Waals surface area (Å²) in [4.78, 5) is 15.9. The molecule has 1 aromatic rings. The van der Waals surface area contributed by atoms with Gasteiger partial charge in [0.2, 0.25) is 0 Å². The molecule has 0 radical (unpaired) electrons. The van der Waals surface area contributed by atoms with E-state index in [4.69, 9.17) is 4.94 Å². The highest BCUT2D eigenvalue weighted by atomic mass is 19.4. The molecule has 6 nitrogen and oxygen atoms in total. The average Bonchev–Trinajstić information content (AvgIpc) is 3.02. The number of anilines is 2. The van der Waals surface area contributed by atoms with Crippen molar-refractivity contribution < 1.29 is 23.0 Å². The van der Waals surface area contributed by atoms with Crippen LogP contribution in [-0.2, 0) is 11.1 Å². The smallest absolute Gasteiger partial charge is 0.258 e. The minimum Gasteiger partial charge on any atom is -0.258 e. The largest absolute Gasteiger partial charge is 0.416 e. The van der Waals surface area contributed by atoms with Crippen molar-refractivity contribution >= 4 is 17.1 Å². The van der Waals surface area contributed by atoms with Gasteiger partial charge in [0.25, 0.3) is 5.69 Å². The first-order valence-corrected chi connectivity index (χ1v) is 6.71. The van der Waals surface area contributed by atoms with Crippen LogP contribution >= 0.6 is 0 Å². The molecule has 1 aromatic carbocycles. The molecule has 2 heterocycles. The van der Waals surface area contributed by atoms with Crippen LogP contribution in [0.5, 0.6) is 0 Å². The molecule has 1 saturated heterocycles. The summed E-state index contributed by atoms with van der Waals surface area (Å²) in [6, 6.07) is 1.14. The molecule has 2 bridgehead atoms. The summed E-state index contributed by atoms with van der Waals surface area (Å²) in [5, 5.41) is 13.9. The Morgan fingerprint density at radius 2 is 2.09 bits per heavy atom. The number of rotatable bonds is 1. The van der Waals surface area contributed by atoms with E-state index in [0.717, 1.165) is 18.9 Å². The lowest BCUT2D eigenvalue weighted by Gasteiger charge is -2.31. The minimum absolute atomic E-state index is 0.0887. The zero-order valence-electron chi connectivity index (χ0n) is 11.1. The Kier molecular flexibility index (Phi) is 2.51. The minimum atomic E-state index is -4.65. The summed E-state index contributed by atoms with van der Waals surface area (Å²) >= 11 is 0. The lowest BCUT2D eigenvalue weighted by molar-refractivity contribution is -0.384. The van der Waals surface area contributed by atoms with Crippen molar-refractivity contribution in [2.45, 2.75) is 31.1 Å². The summed E-state index contributed by atoms with van der Waals surface area (Å²) in [5.41, 5.74) is -1.44. The second kappa shape index (κ2) is 4.13. The van der Waals surface area contributed by atoms with Crippen LogP contribution in [0.4, 0.5) is 30.2 Å². The highest BCUT2D eigenvalue weighted by Gasteiger charge is 2.53. The first-order chi connectivity index (χ1) is 10.4. The molecule has 2 atom stereocenters. The van der Waals surface area contributed by atoms with Crippen molar-refractivity contribution in [3.05, 3.63) is 40.0 Å². The monoisotopic (exact) mass is 313 g/mol. The number of hydrogen-bond acceptors (Lipinski definition) is 5. The third kappa shape index (κ3) is 1.65. The van der Waals surface area contributed by atoms with Crippen molar-refractivity contribution in [1.29, 1.82) is 0 Å². The quantitative estimate of drug-likeness (QED) is 0.453. The second-order valence-electron chi connectivity index (χ2n) is 5.41. The number of nitro groups is 1. The van der Waals surface area contributed by atoms with Gasteiger partial charge in [-0.2, -0.15) is 18.1 Å². The van der Waals surface area contributed by atoms with Gasteiger partial charge in [-0.15, -0.1) is 0 Å². The molecule has 22 heavy (non-hydrogen) atoms. The van der Waals surface area contributed by atoms with Crippen molar-refractivity contribution in [3.8, 4) is 0 Å². The Balaban J connectivity index is 1.91. The van der Waals surface area contributed by atoms with Crippen LogP contribution in [0.2, 0.25) is 0 Å². The average molecular weight is 313 g/mol. The number of fused-ring (bicyclic) bond motifs is 8. The normalized spacial score (nSPS) is 25.4. The van der Waals surface area contributed by atoms with E-state index in [9.17, 15) is 23.3 Å². The number of nitro benzene ring substituents is 1. The first-order valence-electron chi connectivity index (χ1n) is 6.71. The van der Waals surface area contributed by atoms with E-state index in [1.54, 1.807) is 0 Å². The fourth-order valence-corrected chi connectivity index (χ4v) is 3.22. The number of halogens is 3. The van der Waals surface area contributed by atoms with E-state index < -0.39 is 22.4 Å². The highest BCUT2D eigenvalue weighted by Crippen LogP contribution is 2.54.